The molecule has 0 amide bonds. The molecule has 0 aliphatic heterocycles. The van der Waals surface area contributed by atoms with Crippen LogP contribution in [0.5, 0.6) is 0 Å². The standard InChI is InChI=1S/C20H22BrN3/c1-3-12-24(13-4-2)20-17-14-16(21)10-11-18(17)22-19(23-20)15-8-6-5-7-9-15/h5-11,14H,3-4,12-13H2,1-2H3. The number of fused-ring (bicyclic) bond motifs is 1. The largest absolute Gasteiger partial charge is 0.356 e. The molecule has 0 N–H and O–H groups in total. The topological polar surface area (TPSA) is 29.0 Å². The minimum atomic E-state index is 0.789. The summed E-state index contributed by atoms with van der Waals surface area (Å²) in [6.07, 6.45) is 2.19. The van der Waals surface area contributed by atoms with Crippen LogP contribution in [-0.4, -0.2) is 23.1 Å². The van der Waals surface area contributed by atoms with E-state index in [1.165, 1.54) is 0 Å². The van der Waals surface area contributed by atoms with Gasteiger partial charge < -0.3 is 4.90 Å². The van der Waals surface area contributed by atoms with Crippen molar-refractivity contribution >= 4 is 32.7 Å². The maximum absolute atomic E-state index is 4.94. The molecule has 0 spiro atoms. The van der Waals surface area contributed by atoms with Crippen molar-refractivity contribution in [3.63, 3.8) is 0 Å². The average molecular weight is 384 g/mol. The lowest BCUT2D eigenvalue weighted by molar-refractivity contribution is 0.737. The quantitative estimate of drug-likeness (QED) is 0.547. The van der Waals surface area contributed by atoms with Crippen LogP contribution in [0.1, 0.15) is 26.7 Å². The lowest BCUT2D eigenvalue weighted by Gasteiger charge is -2.24. The molecule has 24 heavy (non-hydrogen) atoms. The van der Waals surface area contributed by atoms with Gasteiger partial charge in [0.15, 0.2) is 5.82 Å². The molecular weight excluding hydrogens is 362 g/mol. The van der Waals surface area contributed by atoms with Crippen molar-refractivity contribution in [2.75, 3.05) is 18.0 Å². The molecule has 3 nitrogen and oxygen atoms in total. The van der Waals surface area contributed by atoms with Gasteiger partial charge in [-0.25, -0.2) is 9.97 Å². The molecule has 124 valence electrons. The lowest BCUT2D eigenvalue weighted by atomic mass is 10.1. The van der Waals surface area contributed by atoms with Gasteiger partial charge in [0, 0.05) is 28.5 Å². The smallest absolute Gasteiger partial charge is 0.162 e. The molecule has 0 saturated heterocycles. The Morgan fingerprint density at radius 2 is 1.62 bits per heavy atom. The monoisotopic (exact) mass is 383 g/mol. The van der Waals surface area contributed by atoms with E-state index in [9.17, 15) is 0 Å². The Bertz CT molecular complexity index is 812. The number of hydrogen-bond donors (Lipinski definition) is 0. The van der Waals surface area contributed by atoms with Gasteiger partial charge in [-0.05, 0) is 31.0 Å². The molecule has 0 fully saturated rings. The Kier molecular flexibility index (Phi) is 5.46. The van der Waals surface area contributed by atoms with Crippen LogP contribution in [0.2, 0.25) is 0 Å². The van der Waals surface area contributed by atoms with Gasteiger partial charge in [-0.3, -0.25) is 0 Å². The minimum absolute atomic E-state index is 0.789. The number of anilines is 1. The fourth-order valence-electron chi connectivity index (χ4n) is 2.91. The maximum Gasteiger partial charge on any atom is 0.162 e. The van der Waals surface area contributed by atoms with E-state index in [1.807, 2.05) is 24.3 Å². The van der Waals surface area contributed by atoms with Crippen molar-refractivity contribution in [3.05, 3.63) is 53.0 Å². The van der Waals surface area contributed by atoms with E-state index in [0.29, 0.717) is 0 Å². The summed E-state index contributed by atoms with van der Waals surface area (Å²) in [5, 5.41) is 1.10. The predicted molar refractivity (Wildman–Crippen MR) is 105 cm³/mol. The molecule has 1 heterocycles. The molecule has 0 bridgehead atoms. The number of nitrogens with zero attached hydrogens (tertiary/aromatic N) is 3. The van der Waals surface area contributed by atoms with Gasteiger partial charge in [0.05, 0.1) is 5.52 Å². The van der Waals surface area contributed by atoms with Gasteiger partial charge in [0.1, 0.15) is 5.82 Å². The van der Waals surface area contributed by atoms with Crippen LogP contribution in [0.15, 0.2) is 53.0 Å². The summed E-state index contributed by atoms with van der Waals surface area (Å²) in [6.45, 7) is 6.42. The number of aromatic nitrogens is 2. The van der Waals surface area contributed by atoms with Crippen molar-refractivity contribution in [1.82, 2.24) is 9.97 Å². The second-order valence-electron chi connectivity index (χ2n) is 5.89. The van der Waals surface area contributed by atoms with Crippen LogP contribution in [-0.2, 0) is 0 Å². The van der Waals surface area contributed by atoms with E-state index < -0.39 is 0 Å². The van der Waals surface area contributed by atoms with Gasteiger partial charge in [-0.15, -0.1) is 0 Å². The molecule has 0 aliphatic carbocycles. The fraction of sp³-hybridized carbons (Fsp3) is 0.300. The van der Waals surface area contributed by atoms with Gasteiger partial charge >= 0.3 is 0 Å². The summed E-state index contributed by atoms with van der Waals surface area (Å²) in [5.74, 6) is 1.82. The molecule has 0 unspecified atom stereocenters. The zero-order valence-electron chi connectivity index (χ0n) is 14.2. The maximum atomic E-state index is 4.94. The summed E-state index contributed by atoms with van der Waals surface area (Å²) in [6, 6.07) is 16.4. The molecule has 3 aromatic rings. The highest BCUT2D eigenvalue weighted by Gasteiger charge is 2.15. The Balaban J connectivity index is 2.21. The molecule has 0 aliphatic rings. The first-order chi connectivity index (χ1) is 11.7. The van der Waals surface area contributed by atoms with Gasteiger partial charge in [0.25, 0.3) is 0 Å². The van der Waals surface area contributed by atoms with Crippen molar-refractivity contribution in [3.8, 4) is 11.4 Å². The summed E-state index contributed by atoms with van der Waals surface area (Å²) in [4.78, 5) is 12.1. The first-order valence-electron chi connectivity index (χ1n) is 8.50. The van der Waals surface area contributed by atoms with Crippen LogP contribution >= 0.6 is 15.9 Å². The number of benzene rings is 2. The van der Waals surface area contributed by atoms with Crippen LogP contribution in [0, 0.1) is 0 Å². The predicted octanol–water partition coefficient (Wildman–Crippen LogP) is 5.69. The third-order valence-corrected chi connectivity index (χ3v) is 4.45. The zero-order valence-corrected chi connectivity index (χ0v) is 15.8. The third-order valence-electron chi connectivity index (χ3n) is 3.96. The highest BCUT2D eigenvalue weighted by molar-refractivity contribution is 9.10. The Labute approximate surface area is 151 Å². The normalized spacial score (nSPS) is 11.0. The molecule has 3 rings (SSSR count). The second kappa shape index (κ2) is 7.75. The van der Waals surface area contributed by atoms with E-state index in [1.54, 1.807) is 0 Å². The van der Waals surface area contributed by atoms with Crippen LogP contribution < -0.4 is 4.90 Å². The molecule has 0 atom stereocenters. The fourth-order valence-corrected chi connectivity index (χ4v) is 3.27. The molecule has 4 heteroatoms. The first kappa shape index (κ1) is 16.9. The Morgan fingerprint density at radius 3 is 2.29 bits per heavy atom. The highest BCUT2D eigenvalue weighted by atomic mass is 79.9. The lowest BCUT2D eigenvalue weighted by Crippen LogP contribution is -2.26. The van der Waals surface area contributed by atoms with Crippen LogP contribution in [0.4, 0.5) is 5.82 Å². The second-order valence-corrected chi connectivity index (χ2v) is 6.80. The van der Waals surface area contributed by atoms with Crippen molar-refractivity contribution in [1.29, 1.82) is 0 Å². The summed E-state index contributed by atoms with van der Waals surface area (Å²) >= 11 is 3.58. The van der Waals surface area contributed by atoms with Crippen LogP contribution in [0.3, 0.4) is 0 Å². The van der Waals surface area contributed by atoms with Gasteiger partial charge in [0.2, 0.25) is 0 Å². The summed E-state index contributed by atoms with van der Waals surface area (Å²) in [7, 11) is 0. The SMILES string of the molecule is CCCN(CCC)c1nc(-c2ccccc2)nc2ccc(Br)cc12. The third kappa shape index (κ3) is 3.59. The van der Waals surface area contributed by atoms with E-state index >= 15 is 0 Å². The van der Waals surface area contributed by atoms with Crippen LogP contribution in [0.25, 0.3) is 22.3 Å². The number of rotatable bonds is 6. The van der Waals surface area contributed by atoms with E-state index in [0.717, 1.165) is 58.5 Å². The van der Waals surface area contributed by atoms with E-state index in [2.05, 4.69) is 58.9 Å². The van der Waals surface area contributed by atoms with E-state index in [4.69, 9.17) is 9.97 Å². The molecule has 1 aromatic heterocycles. The molecule has 2 aromatic carbocycles. The van der Waals surface area contributed by atoms with Crippen molar-refractivity contribution in [2.24, 2.45) is 0 Å². The van der Waals surface area contributed by atoms with Crippen molar-refractivity contribution < 1.29 is 0 Å². The molecule has 0 radical (unpaired) electrons. The number of hydrogen-bond acceptors (Lipinski definition) is 3. The average Bonchev–Trinajstić information content (AvgIpc) is 2.61. The molecular formula is C20H22BrN3. The minimum Gasteiger partial charge on any atom is -0.356 e. The summed E-state index contributed by atoms with van der Waals surface area (Å²) < 4.78 is 1.06. The van der Waals surface area contributed by atoms with Crippen molar-refractivity contribution in [2.45, 2.75) is 26.7 Å². The Morgan fingerprint density at radius 1 is 0.917 bits per heavy atom. The molecule has 0 saturated carbocycles. The number of halogens is 1. The first-order valence-corrected chi connectivity index (χ1v) is 9.30. The van der Waals surface area contributed by atoms with E-state index in [-0.39, 0.29) is 0 Å². The van der Waals surface area contributed by atoms with Gasteiger partial charge in [-0.2, -0.15) is 0 Å². The van der Waals surface area contributed by atoms with Gasteiger partial charge in [-0.1, -0.05) is 60.1 Å². The Hall–Kier alpha value is -1.94. The zero-order chi connectivity index (χ0) is 16.9. The summed E-state index contributed by atoms with van der Waals surface area (Å²) in [5.41, 5.74) is 2.04. The highest BCUT2D eigenvalue weighted by Crippen LogP contribution is 2.30.